The summed E-state index contributed by atoms with van der Waals surface area (Å²) in [5.41, 5.74) is 6.69. The summed E-state index contributed by atoms with van der Waals surface area (Å²) in [5.74, 6) is 0. The Morgan fingerprint density at radius 1 is 0.690 bits per heavy atom. The van der Waals surface area contributed by atoms with Gasteiger partial charge in [-0.05, 0) is 73.2 Å². The van der Waals surface area contributed by atoms with E-state index in [4.69, 9.17) is 0 Å². The number of nitro benzene ring substituents is 2. The summed E-state index contributed by atoms with van der Waals surface area (Å²) in [6.07, 6.45) is 0. The van der Waals surface area contributed by atoms with E-state index in [-0.39, 0.29) is 16.3 Å². The van der Waals surface area contributed by atoms with E-state index in [0.717, 1.165) is 21.2 Å². The van der Waals surface area contributed by atoms with Crippen LogP contribution < -0.4 is 0 Å². The van der Waals surface area contributed by atoms with E-state index < -0.39 is 4.92 Å². The van der Waals surface area contributed by atoms with Crippen LogP contribution in [0.3, 0.4) is 0 Å². The summed E-state index contributed by atoms with van der Waals surface area (Å²) < 4.78 is 0.892. The lowest BCUT2D eigenvalue weighted by molar-refractivity contribution is -0.385. The third kappa shape index (κ3) is 5.48. The van der Waals surface area contributed by atoms with Crippen LogP contribution in [0.1, 0.15) is 22.3 Å². The molecule has 0 fully saturated rings. The van der Waals surface area contributed by atoms with Crippen molar-refractivity contribution in [3.63, 3.8) is 0 Å². The minimum atomic E-state index is -0.403. The van der Waals surface area contributed by atoms with Gasteiger partial charge in [0.1, 0.15) is 0 Å². The van der Waals surface area contributed by atoms with Gasteiger partial charge in [0.2, 0.25) is 0 Å². The molecule has 0 saturated carbocycles. The molecular weight excluding hydrogens is 436 g/mol. The number of benzene rings is 3. The highest BCUT2D eigenvalue weighted by Gasteiger charge is 2.12. The van der Waals surface area contributed by atoms with Crippen LogP contribution in [0.15, 0.2) is 59.1 Å². The third-order valence-corrected chi connectivity index (χ3v) is 5.41. The zero-order valence-electron chi connectivity index (χ0n) is 16.6. The van der Waals surface area contributed by atoms with Crippen LogP contribution in [0.5, 0.6) is 0 Å². The van der Waals surface area contributed by atoms with Crippen LogP contribution in [0.25, 0.3) is 11.1 Å². The van der Waals surface area contributed by atoms with Gasteiger partial charge in [0.25, 0.3) is 11.4 Å². The molecule has 0 amide bonds. The van der Waals surface area contributed by atoms with Crippen LogP contribution in [-0.2, 0) is 0 Å². The van der Waals surface area contributed by atoms with Crippen LogP contribution in [0, 0.1) is 47.9 Å². The second-order valence-electron chi connectivity index (χ2n) is 6.71. The molecule has 3 aromatic rings. The summed E-state index contributed by atoms with van der Waals surface area (Å²) in [6.45, 7) is 7.84. The van der Waals surface area contributed by atoms with Crippen molar-refractivity contribution in [1.29, 1.82) is 0 Å². The maximum atomic E-state index is 10.7. The predicted octanol–water partition coefficient (Wildman–Crippen LogP) is 6.85. The summed E-state index contributed by atoms with van der Waals surface area (Å²) in [4.78, 5) is 20.2. The van der Waals surface area contributed by atoms with Crippen molar-refractivity contribution in [1.82, 2.24) is 0 Å². The van der Waals surface area contributed by atoms with Gasteiger partial charge < -0.3 is 0 Å². The second-order valence-corrected chi connectivity index (χ2v) is 7.57. The van der Waals surface area contributed by atoms with Crippen molar-refractivity contribution >= 4 is 27.3 Å². The van der Waals surface area contributed by atoms with Crippen molar-refractivity contribution in [3.05, 3.63) is 102 Å². The van der Waals surface area contributed by atoms with Crippen molar-refractivity contribution in [2.24, 2.45) is 0 Å². The van der Waals surface area contributed by atoms with Crippen LogP contribution >= 0.6 is 15.9 Å². The van der Waals surface area contributed by atoms with Crippen molar-refractivity contribution in [2.75, 3.05) is 0 Å². The largest absolute Gasteiger partial charge is 0.269 e. The summed E-state index contributed by atoms with van der Waals surface area (Å²) in [7, 11) is 0. The molecule has 29 heavy (non-hydrogen) atoms. The average molecular weight is 457 g/mol. The Labute approximate surface area is 177 Å². The molecule has 7 heteroatoms. The molecule has 0 heterocycles. The Kier molecular flexibility index (Phi) is 7.23. The molecule has 0 aromatic heterocycles. The first-order valence-electron chi connectivity index (χ1n) is 8.84. The van der Waals surface area contributed by atoms with E-state index in [2.05, 4.69) is 41.9 Å². The highest BCUT2D eigenvalue weighted by molar-refractivity contribution is 9.10. The van der Waals surface area contributed by atoms with Crippen molar-refractivity contribution < 1.29 is 9.85 Å². The zero-order valence-corrected chi connectivity index (χ0v) is 18.2. The Hall–Kier alpha value is -3.06. The van der Waals surface area contributed by atoms with Crippen molar-refractivity contribution in [3.8, 4) is 11.1 Å². The molecule has 0 aliphatic carbocycles. The summed E-state index contributed by atoms with van der Waals surface area (Å²) in [5, 5.41) is 21.0. The summed E-state index contributed by atoms with van der Waals surface area (Å²) in [6, 6.07) is 15.8. The molecule has 0 spiro atoms. The van der Waals surface area contributed by atoms with Gasteiger partial charge >= 0.3 is 0 Å². The lowest BCUT2D eigenvalue weighted by Gasteiger charge is -2.12. The van der Waals surface area contributed by atoms with Gasteiger partial charge in [-0.15, -0.1) is 0 Å². The van der Waals surface area contributed by atoms with Gasteiger partial charge in [-0.1, -0.05) is 34.1 Å². The van der Waals surface area contributed by atoms with Gasteiger partial charge in [0, 0.05) is 28.7 Å². The molecule has 3 aromatic carbocycles. The molecule has 150 valence electrons. The summed E-state index contributed by atoms with van der Waals surface area (Å²) >= 11 is 3.26. The van der Waals surface area contributed by atoms with Crippen LogP contribution in [0.4, 0.5) is 11.4 Å². The van der Waals surface area contributed by atoms with E-state index in [1.54, 1.807) is 18.2 Å². The molecule has 0 saturated heterocycles. The first kappa shape index (κ1) is 22.2. The molecule has 0 radical (unpaired) electrons. The number of nitro groups is 2. The molecule has 6 nitrogen and oxygen atoms in total. The SMILES string of the molecule is Cc1cc([N+](=O)[O-])ccc1-c1c(C)cccc1C.Cc1cc([N+](=O)[O-])ccc1Br. The molecule has 0 aliphatic rings. The monoisotopic (exact) mass is 456 g/mol. The minimum Gasteiger partial charge on any atom is -0.258 e. The quantitative estimate of drug-likeness (QED) is 0.318. The maximum Gasteiger partial charge on any atom is 0.269 e. The normalized spacial score (nSPS) is 10.1. The number of rotatable bonds is 3. The Balaban J connectivity index is 0.000000234. The Morgan fingerprint density at radius 3 is 1.62 bits per heavy atom. The molecule has 0 aliphatic heterocycles. The zero-order chi connectivity index (χ0) is 21.7. The smallest absolute Gasteiger partial charge is 0.258 e. The first-order chi connectivity index (χ1) is 13.6. The highest BCUT2D eigenvalue weighted by Crippen LogP contribution is 2.31. The van der Waals surface area contributed by atoms with Gasteiger partial charge in [0.05, 0.1) is 9.85 Å². The molecule has 3 rings (SSSR count). The number of non-ortho nitro benzene ring substituents is 2. The van der Waals surface area contributed by atoms with Gasteiger partial charge in [-0.25, -0.2) is 0 Å². The van der Waals surface area contributed by atoms with E-state index in [1.807, 2.05) is 26.0 Å². The molecule has 0 N–H and O–H groups in total. The maximum absolute atomic E-state index is 10.7. The van der Waals surface area contributed by atoms with Crippen LogP contribution in [0.2, 0.25) is 0 Å². The van der Waals surface area contributed by atoms with Gasteiger partial charge in [0.15, 0.2) is 0 Å². The first-order valence-corrected chi connectivity index (χ1v) is 9.63. The predicted molar refractivity (Wildman–Crippen MR) is 118 cm³/mol. The number of hydrogen-bond donors (Lipinski definition) is 0. The highest BCUT2D eigenvalue weighted by atomic mass is 79.9. The van der Waals surface area contributed by atoms with E-state index in [0.29, 0.717) is 0 Å². The van der Waals surface area contributed by atoms with Gasteiger partial charge in [-0.3, -0.25) is 20.2 Å². The molecule has 0 bridgehead atoms. The third-order valence-electron chi connectivity index (χ3n) is 4.52. The van der Waals surface area contributed by atoms with E-state index in [1.165, 1.54) is 28.8 Å². The number of hydrogen-bond acceptors (Lipinski definition) is 4. The average Bonchev–Trinajstić information content (AvgIpc) is 2.65. The second kappa shape index (κ2) is 9.43. The topological polar surface area (TPSA) is 86.3 Å². The number of aryl methyl sites for hydroxylation is 4. The molecule has 0 atom stereocenters. The van der Waals surface area contributed by atoms with Crippen LogP contribution in [-0.4, -0.2) is 9.85 Å². The lowest BCUT2D eigenvalue weighted by atomic mass is 9.92. The van der Waals surface area contributed by atoms with Crippen molar-refractivity contribution in [2.45, 2.75) is 27.7 Å². The Bertz CT molecular complexity index is 1060. The van der Waals surface area contributed by atoms with Gasteiger partial charge in [-0.2, -0.15) is 0 Å². The molecule has 0 unspecified atom stereocenters. The lowest BCUT2D eigenvalue weighted by Crippen LogP contribution is -1.93. The standard InChI is InChI=1S/C15H15NO2.C7H6BrNO2/c1-10-5-4-6-11(2)15(10)14-8-7-13(16(17)18)9-12(14)3;1-5-4-6(9(10)11)2-3-7(5)8/h4-9H,1-3H3;2-4H,1H3. The number of halogens is 1. The Morgan fingerprint density at radius 2 is 1.17 bits per heavy atom. The van der Waals surface area contributed by atoms with E-state index in [9.17, 15) is 20.2 Å². The van der Waals surface area contributed by atoms with E-state index >= 15 is 0 Å². The fraction of sp³-hybridized carbons (Fsp3) is 0.182. The number of nitrogens with zero attached hydrogens (tertiary/aromatic N) is 2. The fourth-order valence-electron chi connectivity index (χ4n) is 3.02. The minimum absolute atomic E-state index is 0.130. The molecular formula is C22H21BrN2O4. The fourth-order valence-corrected chi connectivity index (χ4v) is 3.27.